The molecule has 8 rings (SSSR count). The molecule has 5 heterocycles. The van der Waals surface area contributed by atoms with Gasteiger partial charge in [0.2, 0.25) is 100 Å². The van der Waals surface area contributed by atoms with Crippen molar-refractivity contribution in [1.82, 2.24) is 87.6 Å². The van der Waals surface area contributed by atoms with Crippen LogP contribution in [0.5, 0.6) is 5.75 Å². The maximum absolute atomic E-state index is 15.6. The molecule has 3 aliphatic rings. The summed E-state index contributed by atoms with van der Waals surface area (Å²) >= 11 is 0.766. The fourth-order valence-electron chi connectivity index (χ4n) is 15.4. The summed E-state index contributed by atoms with van der Waals surface area (Å²) in [6.45, 7) is 2.90. The van der Waals surface area contributed by atoms with Crippen LogP contribution in [0, 0.1) is 0 Å². The van der Waals surface area contributed by atoms with Crippen LogP contribution < -0.4 is 70.4 Å². The van der Waals surface area contributed by atoms with Crippen LogP contribution in [-0.2, 0) is 106 Å². The fraction of sp³-hybridized carbons (Fsp3) is 0.524. The Balaban J connectivity index is 1.16. The number of carboxylic acid groups (broad SMARTS) is 1. The fourth-order valence-corrected chi connectivity index (χ4v) is 16.2. The topological polar surface area (TPSA) is 634 Å². The van der Waals surface area contributed by atoms with Crippen molar-refractivity contribution in [3.8, 4) is 5.75 Å². The van der Waals surface area contributed by atoms with E-state index in [-0.39, 0.29) is 57.2 Å². The van der Waals surface area contributed by atoms with E-state index in [0.717, 1.165) is 36.3 Å². The molecule has 690 valence electrons. The Hall–Kier alpha value is -12.8. The van der Waals surface area contributed by atoms with Gasteiger partial charge in [-0.25, -0.2) is 0 Å². The molecule has 17 amide bonds. The molecule has 42 nitrogen and oxygen atoms in total. The van der Waals surface area contributed by atoms with Crippen LogP contribution in [0.15, 0.2) is 85.2 Å². The summed E-state index contributed by atoms with van der Waals surface area (Å²) in [5, 5.41) is 69.0. The number of unbranched alkanes of at least 4 members (excludes halogenated alkanes) is 2. The number of aliphatic carboxylic acids is 1. The molecule has 3 fully saturated rings. The van der Waals surface area contributed by atoms with Crippen molar-refractivity contribution in [2.45, 2.75) is 215 Å². The molecule has 0 spiro atoms. The number of aromatic nitrogens is 2. The molecule has 3 aromatic carbocycles. The van der Waals surface area contributed by atoms with Gasteiger partial charge in [0.1, 0.15) is 90.3 Å². The molecule has 5 aromatic rings. The van der Waals surface area contributed by atoms with Crippen LogP contribution in [-0.4, -0.2) is 317 Å². The van der Waals surface area contributed by atoms with Crippen LogP contribution in [0.25, 0.3) is 21.8 Å². The van der Waals surface area contributed by atoms with Crippen molar-refractivity contribution in [3.05, 3.63) is 102 Å². The molecule has 0 aliphatic carbocycles. The Kier molecular flexibility index (Phi) is 36.9. The number of benzene rings is 3. The second-order valence-corrected chi connectivity index (χ2v) is 33.0. The number of amides is 17. The van der Waals surface area contributed by atoms with Crippen molar-refractivity contribution >= 4 is 140 Å². The number of hydrogen-bond acceptors (Lipinski definition) is 23. The van der Waals surface area contributed by atoms with Crippen LogP contribution in [0.3, 0.4) is 0 Å². The number of aromatic amines is 2. The van der Waals surface area contributed by atoms with Crippen molar-refractivity contribution in [2.75, 3.05) is 65.4 Å². The number of aliphatic hydroxyl groups is 2. The number of carbonyl (C=O) groups is 18. The van der Waals surface area contributed by atoms with Crippen LogP contribution in [0.4, 0.5) is 0 Å². The molecular formula is C84H116N20O22S. The number of phenolic OH excluding ortho intramolecular Hbond substituents is 1. The lowest BCUT2D eigenvalue weighted by molar-refractivity contribution is -0.149. The summed E-state index contributed by atoms with van der Waals surface area (Å²) in [6, 6.07) is -3.11. The highest BCUT2D eigenvalue weighted by Crippen LogP contribution is 2.27. The Bertz CT molecular complexity index is 4840. The van der Waals surface area contributed by atoms with Crippen LogP contribution in [0.1, 0.15) is 121 Å². The van der Waals surface area contributed by atoms with Crippen molar-refractivity contribution < 1.29 is 107 Å². The zero-order chi connectivity index (χ0) is 93.2. The highest BCUT2D eigenvalue weighted by Gasteiger charge is 2.46. The molecule has 15 atom stereocenters. The minimum Gasteiger partial charge on any atom is -0.508 e. The number of fused-ring (bicyclic) bond motifs is 4. The van der Waals surface area contributed by atoms with E-state index >= 15 is 24.0 Å². The lowest BCUT2D eigenvalue weighted by atomic mass is 10.00. The average Bonchev–Trinajstić information content (AvgIpc) is 1.68. The molecule has 3 aliphatic heterocycles. The number of carboxylic acids is 1. The molecule has 2 aromatic heterocycles. The van der Waals surface area contributed by atoms with E-state index in [0.29, 0.717) is 64.2 Å². The average molecular weight is 1790 g/mol. The first-order valence-electron chi connectivity index (χ1n) is 42.0. The molecule has 0 saturated carbocycles. The largest absolute Gasteiger partial charge is 0.508 e. The van der Waals surface area contributed by atoms with Gasteiger partial charge >= 0.3 is 5.97 Å². The Morgan fingerprint density at radius 1 is 0.535 bits per heavy atom. The lowest BCUT2D eigenvalue weighted by Gasteiger charge is -2.36. The number of phenols is 1. The zero-order valence-electron chi connectivity index (χ0n) is 71.8. The van der Waals surface area contributed by atoms with Gasteiger partial charge in [0.15, 0.2) is 0 Å². The van der Waals surface area contributed by atoms with Crippen LogP contribution in [0.2, 0.25) is 0 Å². The first-order valence-corrected chi connectivity index (χ1v) is 43.2. The van der Waals surface area contributed by atoms with E-state index in [4.69, 9.17) is 17.2 Å². The van der Waals surface area contributed by atoms with Gasteiger partial charge < -0.3 is 125 Å². The van der Waals surface area contributed by atoms with E-state index in [1.807, 2.05) is 13.8 Å². The van der Waals surface area contributed by atoms with E-state index in [2.05, 4.69) is 63.1 Å². The lowest BCUT2D eigenvalue weighted by Crippen LogP contribution is -2.62. The second kappa shape index (κ2) is 47.0. The molecule has 0 radical (unpaired) electrons. The molecule has 127 heavy (non-hydrogen) atoms. The summed E-state index contributed by atoms with van der Waals surface area (Å²) in [7, 11) is 3.86. The van der Waals surface area contributed by atoms with Gasteiger partial charge in [0.05, 0.1) is 31.4 Å². The summed E-state index contributed by atoms with van der Waals surface area (Å²) in [4.78, 5) is 269. The number of para-hydroxylation sites is 2. The SMILES string of the molecule is CCCC[C@H]1C(=O)N(C)[C@@H](CCCC)C(=O)N[C@@H](C)C(=O)N[C@H](C(=O)NCC(N)=O)CSCC(=O)N[C@@H](Cc2ccc(O)cc2)C(=O)N(C)[C@@H](C)C(=O)N[C@@H](CC(N)=O)C(=O)N2CCC[C@H]2C(=O)N[C@@H](CN)C(=O)N[C@@H](CCC(=O)O)C(=O)N2C[C@H](O)C[C@H]2C(=O)N[C@@H](Cc2c[nH]c3ccccc23)C(=O)N[C@@H](CO)C(=O)N[C@@H](Cc2c[nH]c3ccccc23)C(=O)N1C. The number of nitrogens with two attached hydrogens (primary N) is 3. The van der Waals surface area contributed by atoms with E-state index in [1.54, 1.807) is 60.9 Å². The number of rotatable bonds is 22. The summed E-state index contributed by atoms with van der Waals surface area (Å²) < 4.78 is 0. The van der Waals surface area contributed by atoms with E-state index in [1.165, 1.54) is 59.3 Å². The third-order valence-electron chi connectivity index (χ3n) is 22.7. The van der Waals surface area contributed by atoms with E-state index in [9.17, 15) is 82.8 Å². The van der Waals surface area contributed by atoms with Crippen LogP contribution >= 0.6 is 11.8 Å². The number of primary amides is 2. The summed E-state index contributed by atoms with van der Waals surface area (Å²) in [5.41, 5.74) is 19.7. The standard InChI is InChI=1S/C84H116N20O22S/c1-8-10-21-63-77(119)91-44(3)71(113)99-62(73(115)90-39-68(87)109)42-127-43-69(110)92-57(31-46-24-26-49(106)27-25-46)80(122)100(5)45(4)72(114)95-59(35-67(86)108)83(125)103-30-16-23-64(103)78(120)97-60(36-85)75(117)93-55(28-29-70(111)112)82(124)104-40-50(107)34-66(104)79(121)94-56(32-47-37-88-53-19-14-12-17-51(47)53)74(116)98-61(41-105)76(118)96-58(33-48-38-89-54-20-15-13-18-52(48)54)81(123)102(7)65(22-11-9-2)84(126)101(63)6/h12-15,17-20,24-27,37-38,44-45,50,55-66,88-89,105-107H,8-11,16,21-23,28-36,39-43,85H2,1-7H3,(H2,86,108)(H2,87,109)(H,90,115)(H,91,119)(H,92,110)(H,93,117)(H,94,121)(H,95,114)(H,96,118)(H,97,120)(H,98,116)(H,99,113)(H,111,112)/t44-,45-,50+,55-,56-,57-,58-,59-,60-,61-,62-,63-,64-,65-,66-/m0/s1. The third kappa shape index (κ3) is 27.1. The number of aromatic hydroxyl groups is 1. The number of nitrogens with one attached hydrogen (secondary N) is 12. The van der Waals surface area contributed by atoms with E-state index < -0.39 is 261 Å². The van der Waals surface area contributed by atoms with Gasteiger partial charge in [-0.15, -0.1) is 11.8 Å². The molecule has 22 N–H and O–H groups in total. The molecular weight excluding hydrogens is 1670 g/mol. The van der Waals surface area contributed by atoms with Gasteiger partial charge in [0.25, 0.3) is 0 Å². The second-order valence-electron chi connectivity index (χ2n) is 31.9. The van der Waals surface area contributed by atoms with Gasteiger partial charge in [-0.2, -0.15) is 0 Å². The van der Waals surface area contributed by atoms with Gasteiger partial charge in [-0.3, -0.25) is 86.3 Å². The summed E-state index contributed by atoms with van der Waals surface area (Å²) in [6.07, 6.45) is -0.237. The molecule has 43 heteroatoms. The third-order valence-corrected chi connectivity index (χ3v) is 23.7. The minimum absolute atomic E-state index is 0.000347. The van der Waals surface area contributed by atoms with Crippen molar-refractivity contribution in [3.63, 3.8) is 0 Å². The highest BCUT2D eigenvalue weighted by molar-refractivity contribution is 8.00. The highest BCUT2D eigenvalue weighted by atomic mass is 32.2. The molecule has 3 saturated heterocycles. The predicted octanol–water partition coefficient (Wildman–Crippen LogP) is -4.36. The Labute approximate surface area is 735 Å². The Morgan fingerprint density at radius 2 is 1.06 bits per heavy atom. The number of hydrogen-bond donors (Lipinski definition) is 19. The van der Waals surface area contributed by atoms with Crippen molar-refractivity contribution in [1.29, 1.82) is 0 Å². The maximum atomic E-state index is 15.6. The monoisotopic (exact) mass is 1790 g/mol. The predicted molar refractivity (Wildman–Crippen MR) is 460 cm³/mol. The Morgan fingerprint density at radius 3 is 1.66 bits per heavy atom. The smallest absolute Gasteiger partial charge is 0.303 e. The first kappa shape index (κ1) is 99.7. The number of likely N-dealkylation sites (N-methyl/N-ethyl adjacent to an activating group) is 3. The summed E-state index contributed by atoms with van der Waals surface area (Å²) in [5.74, 6) is -19.4. The zero-order valence-corrected chi connectivity index (χ0v) is 72.6. The number of aliphatic hydroxyl groups excluding tert-OH is 2. The first-order chi connectivity index (χ1) is 60.4. The minimum atomic E-state index is -1.92. The quantitative estimate of drug-likeness (QED) is 0.0311. The maximum Gasteiger partial charge on any atom is 0.303 e. The van der Waals surface area contributed by atoms with Gasteiger partial charge in [0, 0.05) is 113 Å². The van der Waals surface area contributed by atoms with Gasteiger partial charge in [-0.1, -0.05) is 88.1 Å². The normalized spacial score (nSPS) is 25.6. The van der Waals surface area contributed by atoms with Crippen molar-refractivity contribution in [2.24, 2.45) is 17.2 Å². The molecule has 0 unspecified atom stereocenters. The molecule has 0 bridgehead atoms. The number of thioether (sulfide) groups is 1. The number of carbonyl (C=O) groups excluding carboxylic acids is 17. The number of nitrogens with zero attached hydrogens (tertiary/aromatic N) is 5. The van der Waals surface area contributed by atoms with Gasteiger partial charge in [-0.05, 0) is 86.9 Å². The number of H-pyrrole nitrogens is 2.